The Morgan fingerprint density at radius 3 is 2.87 bits per heavy atom. The monoisotopic (exact) mass is 452 g/mol. The first-order valence-corrected chi connectivity index (χ1v) is 12.3. The van der Waals surface area contributed by atoms with Crippen LogP contribution in [0.4, 0.5) is 0 Å². The van der Waals surface area contributed by atoms with Crippen molar-refractivity contribution >= 4 is 39.2 Å². The number of nitrogens with zero attached hydrogens (tertiary/aromatic N) is 3. The standard InChI is InChI=1S/C23H24N4O2S2/c24-12-6-13-25-19(28)15-30-23-26-21-20(17-9-4-5-10-18(17)31-21)22(29)27(23)14-11-16-7-2-1-3-8-16/h1-3,7-8H,4-6,9-11,13-15H2,(H,25,28). The van der Waals surface area contributed by atoms with Crippen molar-refractivity contribution in [1.82, 2.24) is 14.9 Å². The summed E-state index contributed by atoms with van der Waals surface area (Å²) in [5, 5.41) is 12.7. The van der Waals surface area contributed by atoms with Crippen LogP contribution in [0.5, 0.6) is 0 Å². The number of aromatic nitrogens is 2. The molecule has 8 heteroatoms. The average Bonchev–Trinajstić information content (AvgIpc) is 3.16. The average molecular weight is 453 g/mol. The second-order valence-corrected chi connectivity index (χ2v) is 9.55. The van der Waals surface area contributed by atoms with Gasteiger partial charge in [-0.2, -0.15) is 5.26 Å². The molecule has 6 nitrogen and oxygen atoms in total. The van der Waals surface area contributed by atoms with E-state index in [0.717, 1.165) is 47.9 Å². The van der Waals surface area contributed by atoms with E-state index < -0.39 is 0 Å². The third-order valence-corrected chi connectivity index (χ3v) is 7.56. The molecule has 1 aromatic carbocycles. The van der Waals surface area contributed by atoms with Gasteiger partial charge in [0, 0.05) is 18.0 Å². The fraction of sp³-hybridized carbons (Fsp3) is 0.391. The number of nitrogens with one attached hydrogen (secondary N) is 1. The minimum absolute atomic E-state index is 0.00715. The number of carbonyl (C=O) groups excluding carboxylic acids is 1. The number of carbonyl (C=O) groups is 1. The maximum Gasteiger partial charge on any atom is 0.263 e. The molecular formula is C23H24N4O2S2. The predicted octanol–water partition coefficient (Wildman–Crippen LogP) is 3.70. The van der Waals surface area contributed by atoms with E-state index in [-0.39, 0.29) is 23.6 Å². The molecule has 0 radical (unpaired) electrons. The van der Waals surface area contributed by atoms with Crippen LogP contribution < -0.4 is 10.9 Å². The van der Waals surface area contributed by atoms with Gasteiger partial charge in [0.05, 0.1) is 23.6 Å². The number of amides is 1. The normalized spacial score (nSPS) is 13.0. The highest BCUT2D eigenvalue weighted by Crippen LogP contribution is 2.34. The molecule has 0 atom stereocenters. The minimum atomic E-state index is -0.158. The van der Waals surface area contributed by atoms with Crippen LogP contribution >= 0.6 is 23.1 Å². The highest BCUT2D eigenvalue weighted by molar-refractivity contribution is 7.99. The summed E-state index contributed by atoms with van der Waals surface area (Å²) < 4.78 is 1.74. The molecule has 0 unspecified atom stereocenters. The molecule has 0 spiro atoms. The Labute approximate surface area is 189 Å². The molecule has 0 fully saturated rings. The molecule has 2 aromatic heterocycles. The van der Waals surface area contributed by atoms with E-state index in [0.29, 0.717) is 18.2 Å². The van der Waals surface area contributed by atoms with Gasteiger partial charge in [-0.15, -0.1) is 11.3 Å². The van der Waals surface area contributed by atoms with Gasteiger partial charge in [0.2, 0.25) is 5.91 Å². The van der Waals surface area contributed by atoms with Crippen molar-refractivity contribution in [3.05, 3.63) is 56.7 Å². The van der Waals surface area contributed by atoms with Gasteiger partial charge in [0.1, 0.15) is 4.83 Å². The minimum Gasteiger partial charge on any atom is -0.354 e. The third kappa shape index (κ3) is 5.00. The van der Waals surface area contributed by atoms with Crippen molar-refractivity contribution in [1.29, 1.82) is 5.26 Å². The zero-order chi connectivity index (χ0) is 21.6. The molecule has 0 aliphatic heterocycles. The highest BCUT2D eigenvalue weighted by atomic mass is 32.2. The van der Waals surface area contributed by atoms with Crippen molar-refractivity contribution in [2.24, 2.45) is 0 Å². The van der Waals surface area contributed by atoms with E-state index in [1.54, 1.807) is 15.9 Å². The van der Waals surface area contributed by atoms with Crippen LogP contribution in [-0.2, 0) is 30.6 Å². The molecule has 2 heterocycles. The van der Waals surface area contributed by atoms with Crippen molar-refractivity contribution in [2.75, 3.05) is 12.3 Å². The van der Waals surface area contributed by atoms with Gasteiger partial charge in [-0.25, -0.2) is 4.98 Å². The van der Waals surface area contributed by atoms with Crippen molar-refractivity contribution in [3.63, 3.8) is 0 Å². The molecule has 0 saturated heterocycles. The van der Waals surface area contributed by atoms with Crippen LogP contribution in [0.15, 0.2) is 40.3 Å². The lowest BCUT2D eigenvalue weighted by atomic mass is 9.97. The number of fused-ring (bicyclic) bond motifs is 3. The van der Waals surface area contributed by atoms with Gasteiger partial charge in [-0.05, 0) is 43.2 Å². The summed E-state index contributed by atoms with van der Waals surface area (Å²) in [7, 11) is 0. The molecule has 1 N–H and O–H groups in total. The van der Waals surface area contributed by atoms with Crippen molar-refractivity contribution < 1.29 is 4.79 Å². The van der Waals surface area contributed by atoms with Gasteiger partial charge >= 0.3 is 0 Å². The number of benzene rings is 1. The summed E-state index contributed by atoms with van der Waals surface area (Å²) in [6.45, 7) is 0.857. The molecule has 0 saturated carbocycles. The van der Waals surface area contributed by atoms with Crippen LogP contribution in [0.1, 0.15) is 35.3 Å². The highest BCUT2D eigenvalue weighted by Gasteiger charge is 2.22. The largest absolute Gasteiger partial charge is 0.354 e. The number of aryl methyl sites for hydroxylation is 3. The van der Waals surface area contributed by atoms with Crippen LogP contribution in [0.2, 0.25) is 0 Å². The molecule has 31 heavy (non-hydrogen) atoms. The van der Waals surface area contributed by atoms with Crippen LogP contribution in [0.3, 0.4) is 0 Å². The van der Waals surface area contributed by atoms with Gasteiger partial charge in [0.15, 0.2) is 5.16 Å². The Kier molecular flexibility index (Phi) is 7.05. The summed E-state index contributed by atoms with van der Waals surface area (Å²) in [4.78, 5) is 32.6. The molecule has 1 aliphatic rings. The van der Waals surface area contributed by atoms with E-state index >= 15 is 0 Å². The number of hydrogen-bond donors (Lipinski definition) is 1. The summed E-state index contributed by atoms with van der Waals surface area (Å²) in [5.74, 6) is 0.00877. The molecular weight excluding hydrogens is 428 g/mol. The number of hydrogen-bond acceptors (Lipinski definition) is 6. The fourth-order valence-corrected chi connectivity index (χ4v) is 6.01. The van der Waals surface area contributed by atoms with Crippen LogP contribution in [0, 0.1) is 11.3 Å². The Balaban J connectivity index is 1.64. The molecule has 1 aliphatic carbocycles. The lowest BCUT2D eigenvalue weighted by Crippen LogP contribution is -2.28. The van der Waals surface area contributed by atoms with Gasteiger partial charge in [0.25, 0.3) is 5.56 Å². The Morgan fingerprint density at radius 1 is 1.26 bits per heavy atom. The smallest absolute Gasteiger partial charge is 0.263 e. The van der Waals surface area contributed by atoms with E-state index in [1.165, 1.54) is 22.2 Å². The van der Waals surface area contributed by atoms with Gasteiger partial charge in [-0.1, -0.05) is 42.1 Å². The van der Waals surface area contributed by atoms with Crippen molar-refractivity contribution in [3.8, 4) is 6.07 Å². The lowest BCUT2D eigenvalue weighted by Gasteiger charge is -2.13. The number of thiophene rings is 1. The number of thioether (sulfide) groups is 1. The zero-order valence-electron chi connectivity index (χ0n) is 17.2. The summed E-state index contributed by atoms with van der Waals surface area (Å²) in [6.07, 6.45) is 5.24. The van der Waals surface area contributed by atoms with E-state index in [2.05, 4.69) is 17.4 Å². The number of rotatable bonds is 8. The second kappa shape index (κ2) is 10.1. The topological polar surface area (TPSA) is 87.8 Å². The van der Waals surface area contributed by atoms with Crippen LogP contribution in [-0.4, -0.2) is 27.8 Å². The summed E-state index contributed by atoms with van der Waals surface area (Å²) >= 11 is 2.91. The quantitative estimate of drug-likeness (QED) is 0.320. The first-order chi connectivity index (χ1) is 15.2. The first-order valence-electron chi connectivity index (χ1n) is 10.5. The first kappa shape index (κ1) is 21.6. The van der Waals surface area contributed by atoms with E-state index in [1.807, 2.05) is 24.3 Å². The van der Waals surface area contributed by atoms with Gasteiger partial charge in [-0.3, -0.25) is 14.2 Å². The Morgan fingerprint density at radius 2 is 2.06 bits per heavy atom. The summed E-state index contributed by atoms with van der Waals surface area (Å²) in [6, 6.07) is 12.1. The Bertz CT molecular complexity index is 1180. The lowest BCUT2D eigenvalue weighted by molar-refractivity contribution is -0.118. The SMILES string of the molecule is N#CCCNC(=O)CSc1nc2sc3c(c2c(=O)n1CCc1ccccc1)CCCC3. The Hall–Kier alpha value is -2.63. The second-order valence-electron chi connectivity index (χ2n) is 7.52. The van der Waals surface area contributed by atoms with Crippen molar-refractivity contribution in [2.45, 2.75) is 50.2 Å². The maximum absolute atomic E-state index is 13.5. The molecule has 4 rings (SSSR count). The molecule has 160 valence electrons. The molecule has 1 amide bonds. The number of nitriles is 1. The van der Waals surface area contributed by atoms with Crippen LogP contribution in [0.25, 0.3) is 10.2 Å². The maximum atomic E-state index is 13.5. The van der Waals surface area contributed by atoms with Gasteiger partial charge < -0.3 is 5.32 Å². The molecule has 0 bridgehead atoms. The predicted molar refractivity (Wildman–Crippen MR) is 125 cm³/mol. The van der Waals surface area contributed by atoms with E-state index in [9.17, 15) is 9.59 Å². The fourth-order valence-electron chi connectivity index (χ4n) is 3.85. The van der Waals surface area contributed by atoms with E-state index in [4.69, 9.17) is 10.2 Å². The molecule has 3 aromatic rings. The third-order valence-electron chi connectivity index (χ3n) is 5.40. The zero-order valence-corrected chi connectivity index (χ0v) is 18.9. The summed E-state index contributed by atoms with van der Waals surface area (Å²) in [5.41, 5.74) is 2.35.